The molecule has 2 aromatic heterocycles. The summed E-state index contributed by atoms with van der Waals surface area (Å²) in [5.74, 6) is 1.87. The van der Waals surface area contributed by atoms with E-state index in [-0.39, 0.29) is 0 Å². The lowest BCUT2D eigenvalue weighted by Gasteiger charge is -2.38. The van der Waals surface area contributed by atoms with Gasteiger partial charge < -0.3 is 13.9 Å². The highest BCUT2D eigenvalue weighted by Crippen LogP contribution is 2.59. The standard InChI is InChI=1S/C57H44N2O/c1-37-25-29-45-46-30-26-43(35-52(46)57(51(45)33-37,39-16-6-3-7-17-39)40-18-8-4-9-19-40)58(44-27-31-48-49-23-14-15-38(2)56(49)60-55(48)36-44)42-28-32-54-50(34-42)47-22-12-13-24-53(47)59(54)41-20-10-5-11-21-41/h3-14,16-32,34-38H,15,33H2,1-2H3. The summed E-state index contributed by atoms with van der Waals surface area (Å²) in [6, 6.07) is 62.9. The minimum atomic E-state index is -0.451. The number of rotatable bonds is 6. The van der Waals surface area contributed by atoms with Crippen molar-refractivity contribution in [2.45, 2.75) is 38.0 Å². The molecule has 0 saturated carbocycles. The van der Waals surface area contributed by atoms with Gasteiger partial charge in [0.25, 0.3) is 0 Å². The van der Waals surface area contributed by atoms with Crippen LogP contribution in [0, 0.1) is 5.92 Å². The van der Waals surface area contributed by atoms with Gasteiger partial charge in [-0.1, -0.05) is 141 Å². The topological polar surface area (TPSA) is 21.3 Å². The molecule has 7 aromatic carbocycles. The Morgan fingerprint density at radius 3 is 2.03 bits per heavy atom. The van der Waals surface area contributed by atoms with Gasteiger partial charge in [0.15, 0.2) is 0 Å². The number of para-hydroxylation sites is 2. The van der Waals surface area contributed by atoms with Crippen molar-refractivity contribution >= 4 is 61.5 Å². The highest BCUT2D eigenvalue weighted by molar-refractivity contribution is 6.11. The molecule has 60 heavy (non-hydrogen) atoms. The van der Waals surface area contributed by atoms with Crippen molar-refractivity contribution in [3.05, 3.63) is 227 Å². The highest BCUT2D eigenvalue weighted by atomic mass is 16.3. The van der Waals surface area contributed by atoms with Gasteiger partial charge in [-0.3, -0.25) is 0 Å². The van der Waals surface area contributed by atoms with E-state index in [1.165, 1.54) is 60.8 Å². The van der Waals surface area contributed by atoms with E-state index in [0.717, 1.165) is 52.3 Å². The first-order chi connectivity index (χ1) is 29.6. The van der Waals surface area contributed by atoms with Gasteiger partial charge in [-0.15, -0.1) is 0 Å². The summed E-state index contributed by atoms with van der Waals surface area (Å²) in [5.41, 5.74) is 16.5. The van der Waals surface area contributed by atoms with E-state index in [9.17, 15) is 0 Å². The predicted molar refractivity (Wildman–Crippen MR) is 250 cm³/mol. The number of fused-ring (bicyclic) bond motifs is 8. The van der Waals surface area contributed by atoms with Gasteiger partial charge in [0.2, 0.25) is 0 Å². The molecule has 0 amide bonds. The van der Waals surface area contributed by atoms with E-state index >= 15 is 0 Å². The Labute approximate surface area is 350 Å². The van der Waals surface area contributed by atoms with Gasteiger partial charge in [-0.2, -0.15) is 0 Å². The van der Waals surface area contributed by atoms with Gasteiger partial charge in [0, 0.05) is 56.5 Å². The van der Waals surface area contributed by atoms with E-state index in [0.29, 0.717) is 11.8 Å². The Bertz CT molecular complexity index is 3200. The van der Waals surface area contributed by atoms with Crippen LogP contribution < -0.4 is 4.90 Å². The molecule has 3 aliphatic rings. The third-order valence-electron chi connectivity index (χ3n) is 13.4. The Hall–Kier alpha value is -7.10. The molecular weight excluding hydrogens is 729 g/mol. The van der Waals surface area contributed by atoms with E-state index in [1.54, 1.807) is 0 Å². The average Bonchev–Trinajstić information content (AvgIpc) is 3.94. The molecule has 3 heteroatoms. The largest absolute Gasteiger partial charge is 0.460 e. The zero-order valence-electron chi connectivity index (χ0n) is 33.8. The van der Waals surface area contributed by atoms with Crippen LogP contribution in [-0.2, 0) is 5.41 Å². The first-order valence-corrected chi connectivity index (χ1v) is 21.4. The summed E-state index contributed by atoms with van der Waals surface area (Å²) in [7, 11) is 0. The highest BCUT2D eigenvalue weighted by Gasteiger charge is 2.48. The summed E-state index contributed by atoms with van der Waals surface area (Å²) in [5, 5.41) is 3.61. The van der Waals surface area contributed by atoms with Crippen molar-refractivity contribution in [3.63, 3.8) is 0 Å². The number of nitrogens with zero attached hydrogens (tertiary/aromatic N) is 2. The van der Waals surface area contributed by atoms with Gasteiger partial charge >= 0.3 is 0 Å². The zero-order valence-corrected chi connectivity index (χ0v) is 33.8. The fraction of sp³-hybridized carbons (Fsp3) is 0.123. The maximum absolute atomic E-state index is 6.75. The third kappa shape index (κ3) is 5.08. The van der Waals surface area contributed by atoms with E-state index in [1.807, 2.05) is 0 Å². The molecule has 0 radical (unpaired) electrons. The van der Waals surface area contributed by atoms with Crippen molar-refractivity contribution in [3.8, 4) is 5.69 Å². The van der Waals surface area contributed by atoms with Crippen LogP contribution in [0.3, 0.4) is 0 Å². The fourth-order valence-electron chi connectivity index (χ4n) is 10.8. The Balaban J connectivity index is 1.13. The maximum Gasteiger partial charge on any atom is 0.137 e. The second-order valence-corrected chi connectivity index (χ2v) is 17.0. The number of aromatic nitrogens is 1. The third-order valence-corrected chi connectivity index (χ3v) is 13.4. The number of benzene rings is 7. The number of allylic oxidation sites excluding steroid dienone is 5. The molecule has 2 heterocycles. The van der Waals surface area contributed by atoms with Gasteiger partial charge in [0.1, 0.15) is 11.3 Å². The van der Waals surface area contributed by atoms with Crippen LogP contribution >= 0.6 is 0 Å². The van der Waals surface area contributed by atoms with Crippen molar-refractivity contribution < 1.29 is 4.42 Å². The average molecular weight is 773 g/mol. The Morgan fingerprint density at radius 1 is 0.600 bits per heavy atom. The van der Waals surface area contributed by atoms with Crippen LogP contribution in [0.1, 0.15) is 66.2 Å². The normalized spacial score (nSPS) is 17.6. The summed E-state index contributed by atoms with van der Waals surface area (Å²) >= 11 is 0. The number of hydrogen-bond acceptors (Lipinski definition) is 2. The first kappa shape index (κ1) is 34.9. The summed E-state index contributed by atoms with van der Waals surface area (Å²) < 4.78 is 9.14. The molecule has 9 aromatic rings. The number of furan rings is 1. The molecule has 0 aliphatic heterocycles. The van der Waals surface area contributed by atoms with Crippen molar-refractivity contribution in [2.75, 3.05) is 4.90 Å². The molecule has 0 saturated heterocycles. The van der Waals surface area contributed by atoms with Crippen LogP contribution in [0.25, 0.3) is 50.1 Å². The predicted octanol–water partition coefficient (Wildman–Crippen LogP) is 15.2. The molecular formula is C57H44N2O. The molecule has 288 valence electrons. The molecule has 12 rings (SSSR count). The lowest BCUT2D eigenvalue weighted by molar-refractivity contribution is 0.504. The van der Waals surface area contributed by atoms with E-state index in [4.69, 9.17) is 4.42 Å². The second-order valence-electron chi connectivity index (χ2n) is 17.0. The monoisotopic (exact) mass is 772 g/mol. The molecule has 2 unspecified atom stereocenters. The number of anilines is 3. The number of hydrogen-bond donors (Lipinski definition) is 0. The smallest absolute Gasteiger partial charge is 0.137 e. The summed E-state index contributed by atoms with van der Waals surface area (Å²) in [6.45, 7) is 4.61. The van der Waals surface area contributed by atoms with Crippen LogP contribution in [0.15, 0.2) is 198 Å². The molecule has 3 aliphatic carbocycles. The first-order valence-electron chi connectivity index (χ1n) is 21.4. The van der Waals surface area contributed by atoms with Crippen molar-refractivity contribution in [2.24, 2.45) is 5.92 Å². The summed E-state index contributed by atoms with van der Waals surface area (Å²) in [6.07, 6.45) is 11.3. The Kier molecular flexibility index (Phi) is 7.84. The fourth-order valence-corrected chi connectivity index (χ4v) is 10.8. The molecule has 0 N–H and O–H groups in total. The van der Waals surface area contributed by atoms with Gasteiger partial charge in [-0.25, -0.2) is 0 Å². The quantitative estimate of drug-likeness (QED) is 0.168. The van der Waals surface area contributed by atoms with Crippen molar-refractivity contribution in [1.29, 1.82) is 0 Å². The van der Waals surface area contributed by atoms with Crippen LogP contribution in [0.4, 0.5) is 17.1 Å². The van der Waals surface area contributed by atoms with E-state index < -0.39 is 5.41 Å². The van der Waals surface area contributed by atoms with Crippen LogP contribution in [-0.4, -0.2) is 4.57 Å². The molecule has 0 spiro atoms. The van der Waals surface area contributed by atoms with E-state index in [2.05, 4.69) is 217 Å². The maximum atomic E-state index is 6.75. The van der Waals surface area contributed by atoms with Crippen molar-refractivity contribution in [1.82, 2.24) is 4.57 Å². The van der Waals surface area contributed by atoms with Crippen LogP contribution in [0.2, 0.25) is 0 Å². The molecule has 0 fully saturated rings. The second kappa shape index (κ2) is 13.5. The molecule has 0 bridgehead atoms. The minimum Gasteiger partial charge on any atom is -0.460 e. The Morgan fingerprint density at radius 2 is 1.25 bits per heavy atom. The van der Waals surface area contributed by atoms with Gasteiger partial charge in [0.05, 0.1) is 16.4 Å². The zero-order chi connectivity index (χ0) is 40.0. The SMILES string of the molecule is CC1C=CC2=C(C1)C(c1ccccc1)(c1ccccc1)c1cc(N(c3ccc4c5c(oc4c3)C(C)CC=C5)c3ccc4c(c3)c3ccccc3n4-c3ccccc3)ccc12. The molecule has 3 nitrogen and oxygen atoms in total. The minimum absolute atomic E-state index is 0.345. The summed E-state index contributed by atoms with van der Waals surface area (Å²) in [4.78, 5) is 2.45. The molecule has 2 atom stereocenters. The lowest BCUT2D eigenvalue weighted by Crippen LogP contribution is -2.31. The lowest BCUT2D eigenvalue weighted by atomic mass is 9.64. The van der Waals surface area contributed by atoms with Gasteiger partial charge in [-0.05, 0) is 113 Å². The van der Waals surface area contributed by atoms with Crippen LogP contribution in [0.5, 0.6) is 0 Å².